The van der Waals surface area contributed by atoms with E-state index in [-0.39, 0.29) is 17.9 Å². The summed E-state index contributed by atoms with van der Waals surface area (Å²) in [5, 5.41) is 2.98. The van der Waals surface area contributed by atoms with E-state index >= 15 is 0 Å². The van der Waals surface area contributed by atoms with Crippen molar-refractivity contribution in [1.29, 1.82) is 0 Å². The van der Waals surface area contributed by atoms with Gasteiger partial charge in [-0.1, -0.05) is 19.8 Å². The third-order valence-corrected chi connectivity index (χ3v) is 4.56. The largest absolute Gasteiger partial charge is 0.376 e. The highest BCUT2D eigenvalue weighted by Crippen LogP contribution is 2.28. The van der Waals surface area contributed by atoms with Crippen molar-refractivity contribution in [3.63, 3.8) is 0 Å². The van der Waals surface area contributed by atoms with E-state index in [0.717, 1.165) is 19.3 Å². The minimum absolute atomic E-state index is 0.00442. The van der Waals surface area contributed by atoms with Crippen LogP contribution in [-0.4, -0.2) is 31.2 Å². The summed E-state index contributed by atoms with van der Waals surface area (Å²) < 4.78 is 5.74. The smallest absolute Gasteiger partial charge is 0.224 e. The number of hydrogen-bond acceptors (Lipinski definition) is 3. The standard InChI is InChI=1S/C15H28N2O2/c1-11-6-7-14(16)13(10-11)15(18)17-8-9-19-12-4-2-3-5-12/h11-14H,2-10,16H2,1H3,(H,17,18). The number of nitrogens with two attached hydrogens (primary N) is 1. The number of carbonyl (C=O) groups is 1. The molecule has 3 unspecified atom stereocenters. The first-order valence-corrected chi connectivity index (χ1v) is 7.81. The average Bonchev–Trinajstić information content (AvgIpc) is 2.90. The van der Waals surface area contributed by atoms with Crippen LogP contribution in [0.5, 0.6) is 0 Å². The van der Waals surface area contributed by atoms with Gasteiger partial charge in [-0.05, 0) is 38.0 Å². The maximum Gasteiger partial charge on any atom is 0.224 e. The van der Waals surface area contributed by atoms with Gasteiger partial charge in [0.25, 0.3) is 0 Å². The minimum Gasteiger partial charge on any atom is -0.376 e. The summed E-state index contributed by atoms with van der Waals surface area (Å²) in [6.07, 6.45) is 8.40. The van der Waals surface area contributed by atoms with Gasteiger partial charge >= 0.3 is 0 Å². The Hall–Kier alpha value is -0.610. The van der Waals surface area contributed by atoms with Gasteiger partial charge in [0, 0.05) is 12.6 Å². The van der Waals surface area contributed by atoms with E-state index in [1.165, 1.54) is 25.7 Å². The second-order valence-electron chi connectivity index (χ2n) is 6.26. The number of carbonyl (C=O) groups excluding carboxylic acids is 1. The highest BCUT2D eigenvalue weighted by molar-refractivity contribution is 5.79. The quantitative estimate of drug-likeness (QED) is 0.748. The van der Waals surface area contributed by atoms with E-state index in [2.05, 4.69) is 12.2 Å². The van der Waals surface area contributed by atoms with Crippen molar-refractivity contribution in [2.45, 2.75) is 64.0 Å². The van der Waals surface area contributed by atoms with Gasteiger partial charge in [0.1, 0.15) is 0 Å². The number of nitrogens with one attached hydrogen (secondary N) is 1. The summed E-state index contributed by atoms with van der Waals surface area (Å²) in [6, 6.07) is 0.0342. The fourth-order valence-corrected chi connectivity index (χ4v) is 3.29. The van der Waals surface area contributed by atoms with Crippen molar-refractivity contribution in [2.75, 3.05) is 13.2 Å². The molecule has 1 amide bonds. The van der Waals surface area contributed by atoms with E-state index in [1.807, 2.05) is 0 Å². The fourth-order valence-electron chi connectivity index (χ4n) is 3.29. The second-order valence-corrected chi connectivity index (χ2v) is 6.26. The van der Waals surface area contributed by atoms with Gasteiger partial charge < -0.3 is 15.8 Å². The summed E-state index contributed by atoms with van der Waals surface area (Å²) in [7, 11) is 0. The first-order chi connectivity index (χ1) is 9.16. The second kappa shape index (κ2) is 7.25. The van der Waals surface area contributed by atoms with Crippen molar-refractivity contribution in [3.8, 4) is 0 Å². The highest BCUT2D eigenvalue weighted by Gasteiger charge is 2.31. The van der Waals surface area contributed by atoms with Crippen molar-refractivity contribution in [1.82, 2.24) is 5.32 Å². The Kier molecular flexibility index (Phi) is 5.64. The van der Waals surface area contributed by atoms with E-state index in [1.54, 1.807) is 0 Å². The van der Waals surface area contributed by atoms with Crippen LogP contribution in [0.4, 0.5) is 0 Å². The van der Waals surface area contributed by atoms with Gasteiger partial charge in [0.15, 0.2) is 0 Å². The number of rotatable bonds is 5. The van der Waals surface area contributed by atoms with Gasteiger partial charge in [-0.3, -0.25) is 4.79 Å². The third kappa shape index (κ3) is 4.46. The molecule has 0 aromatic heterocycles. The number of ether oxygens (including phenoxy) is 1. The van der Waals surface area contributed by atoms with Crippen molar-refractivity contribution in [2.24, 2.45) is 17.6 Å². The Morgan fingerprint density at radius 3 is 2.74 bits per heavy atom. The zero-order valence-electron chi connectivity index (χ0n) is 12.1. The molecular formula is C15H28N2O2. The van der Waals surface area contributed by atoms with Crippen LogP contribution in [0.25, 0.3) is 0 Å². The van der Waals surface area contributed by atoms with Gasteiger partial charge in [-0.2, -0.15) is 0 Å². The predicted molar refractivity (Wildman–Crippen MR) is 75.7 cm³/mol. The van der Waals surface area contributed by atoms with Gasteiger partial charge in [-0.25, -0.2) is 0 Å². The lowest BCUT2D eigenvalue weighted by Crippen LogP contribution is -2.45. The summed E-state index contributed by atoms with van der Waals surface area (Å²) in [5.41, 5.74) is 6.05. The fraction of sp³-hybridized carbons (Fsp3) is 0.933. The molecule has 2 aliphatic carbocycles. The molecule has 0 aliphatic heterocycles. The first kappa shape index (κ1) is 14.8. The lowest BCUT2D eigenvalue weighted by Gasteiger charge is -2.31. The molecule has 0 radical (unpaired) electrons. The minimum atomic E-state index is -0.00442. The normalized spacial score (nSPS) is 32.4. The molecule has 0 heterocycles. The van der Waals surface area contributed by atoms with Crippen LogP contribution in [0, 0.1) is 11.8 Å². The van der Waals surface area contributed by atoms with Gasteiger partial charge in [0.05, 0.1) is 18.6 Å². The van der Waals surface area contributed by atoms with E-state index in [4.69, 9.17) is 10.5 Å². The van der Waals surface area contributed by atoms with Gasteiger partial charge in [-0.15, -0.1) is 0 Å². The Morgan fingerprint density at radius 2 is 2.00 bits per heavy atom. The highest BCUT2D eigenvalue weighted by atomic mass is 16.5. The molecule has 0 aromatic carbocycles. The third-order valence-electron chi connectivity index (χ3n) is 4.56. The lowest BCUT2D eigenvalue weighted by molar-refractivity contribution is -0.127. The molecule has 0 spiro atoms. The van der Waals surface area contributed by atoms with E-state index < -0.39 is 0 Å². The van der Waals surface area contributed by atoms with Crippen molar-refractivity contribution >= 4 is 5.91 Å². The zero-order valence-corrected chi connectivity index (χ0v) is 12.1. The summed E-state index contributed by atoms with van der Waals surface area (Å²) >= 11 is 0. The van der Waals surface area contributed by atoms with Crippen LogP contribution >= 0.6 is 0 Å². The molecule has 0 bridgehead atoms. The molecule has 2 saturated carbocycles. The van der Waals surface area contributed by atoms with Crippen LogP contribution in [0.3, 0.4) is 0 Å². The molecule has 0 saturated heterocycles. The van der Waals surface area contributed by atoms with Crippen LogP contribution in [0.1, 0.15) is 51.9 Å². The molecule has 4 heteroatoms. The van der Waals surface area contributed by atoms with Crippen LogP contribution in [0.15, 0.2) is 0 Å². The van der Waals surface area contributed by atoms with Crippen molar-refractivity contribution < 1.29 is 9.53 Å². The zero-order chi connectivity index (χ0) is 13.7. The topological polar surface area (TPSA) is 64.4 Å². The molecule has 2 rings (SSSR count). The maximum absolute atomic E-state index is 12.1. The van der Waals surface area contributed by atoms with Crippen molar-refractivity contribution in [3.05, 3.63) is 0 Å². The van der Waals surface area contributed by atoms with Crippen LogP contribution < -0.4 is 11.1 Å². The molecular weight excluding hydrogens is 240 g/mol. The Morgan fingerprint density at radius 1 is 1.26 bits per heavy atom. The monoisotopic (exact) mass is 268 g/mol. The van der Waals surface area contributed by atoms with Gasteiger partial charge in [0.2, 0.25) is 5.91 Å². The lowest BCUT2D eigenvalue weighted by atomic mass is 9.79. The molecule has 19 heavy (non-hydrogen) atoms. The first-order valence-electron chi connectivity index (χ1n) is 7.81. The van der Waals surface area contributed by atoms with E-state index in [9.17, 15) is 4.79 Å². The molecule has 2 fully saturated rings. The molecule has 110 valence electrons. The Balaban J connectivity index is 1.62. The number of amides is 1. The average molecular weight is 268 g/mol. The predicted octanol–water partition coefficient (Wildman–Crippen LogP) is 1.83. The number of hydrogen-bond donors (Lipinski definition) is 2. The Labute approximate surface area is 116 Å². The summed E-state index contributed by atoms with van der Waals surface area (Å²) in [6.45, 7) is 3.45. The molecule has 0 aromatic rings. The summed E-state index contributed by atoms with van der Waals surface area (Å²) in [5.74, 6) is 0.731. The van der Waals surface area contributed by atoms with Crippen LogP contribution in [0.2, 0.25) is 0 Å². The summed E-state index contributed by atoms with van der Waals surface area (Å²) in [4.78, 5) is 12.1. The molecule has 4 nitrogen and oxygen atoms in total. The maximum atomic E-state index is 12.1. The SMILES string of the molecule is CC1CCC(N)C(C(=O)NCCOC2CCCC2)C1. The van der Waals surface area contributed by atoms with Crippen LogP contribution in [-0.2, 0) is 9.53 Å². The molecule has 3 atom stereocenters. The molecule has 3 N–H and O–H groups in total. The Bertz CT molecular complexity index is 290. The molecule has 2 aliphatic rings. The van der Waals surface area contributed by atoms with E-state index in [0.29, 0.717) is 25.2 Å².